The molecular weight excluding hydrogens is 239 g/mol. The molecule has 0 aliphatic heterocycles. The fourth-order valence-electron chi connectivity index (χ4n) is 2.63. The molecule has 4 heteroatoms. The van der Waals surface area contributed by atoms with E-state index in [1.165, 1.54) is 6.07 Å². The van der Waals surface area contributed by atoms with E-state index in [2.05, 4.69) is 0 Å². The van der Waals surface area contributed by atoms with Gasteiger partial charge in [0.25, 0.3) is 0 Å². The van der Waals surface area contributed by atoms with Gasteiger partial charge in [-0.3, -0.25) is 0 Å². The van der Waals surface area contributed by atoms with E-state index >= 15 is 0 Å². The van der Waals surface area contributed by atoms with Gasteiger partial charge in [0.15, 0.2) is 0 Å². The third-order valence-electron chi connectivity index (χ3n) is 3.65. The zero-order chi connectivity index (χ0) is 12.6. The van der Waals surface area contributed by atoms with Crippen LogP contribution in [0.15, 0.2) is 18.2 Å². The average Bonchev–Trinajstić information content (AvgIpc) is 3.04. The van der Waals surface area contributed by atoms with Crippen LogP contribution in [0.2, 0.25) is 5.02 Å². The molecule has 0 saturated heterocycles. The van der Waals surface area contributed by atoms with Crippen LogP contribution < -0.4 is 5.73 Å². The standard InChI is InChI=1S/C13H18ClFN2/c1-17(2)12(13(8-16)5-6-13)10-7-9(14)3-4-11(10)15/h3-4,7,12H,5-6,8,16H2,1-2H3. The third-order valence-corrected chi connectivity index (χ3v) is 3.88. The second kappa shape index (κ2) is 4.56. The van der Waals surface area contributed by atoms with Gasteiger partial charge in [0.1, 0.15) is 5.82 Å². The predicted molar refractivity (Wildman–Crippen MR) is 68.6 cm³/mol. The molecule has 1 fully saturated rings. The fraction of sp³-hybridized carbons (Fsp3) is 0.538. The fourth-order valence-corrected chi connectivity index (χ4v) is 2.81. The smallest absolute Gasteiger partial charge is 0.128 e. The Balaban J connectivity index is 2.43. The number of rotatable bonds is 4. The average molecular weight is 257 g/mol. The zero-order valence-electron chi connectivity index (χ0n) is 10.2. The number of nitrogens with zero attached hydrogens (tertiary/aromatic N) is 1. The third kappa shape index (κ3) is 2.32. The summed E-state index contributed by atoms with van der Waals surface area (Å²) in [6.45, 7) is 0.585. The van der Waals surface area contributed by atoms with Crippen molar-refractivity contribution in [3.8, 4) is 0 Å². The Morgan fingerprint density at radius 3 is 2.59 bits per heavy atom. The minimum atomic E-state index is -0.201. The lowest BCUT2D eigenvalue weighted by molar-refractivity contribution is 0.193. The first-order chi connectivity index (χ1) is 8.00. The van der Waals surface area contributed by atoms with Gasteiger partial charge in [0.05, 0.1) is 0 Å². The lowest BCUT2D eigenvalue weighted by atomic mass is 9.89. The number of hydrogen-bond acceptors (Lipinski definition) is 2. The van der Waals surface area contributed by atoms with E-state index in [-0.39, 0.29) is 17.3 Å². The molecule has 2 rings (SSSR count). The van der Waals surface area contributed by atoms with Crippen LogP contribution in [-0.4, -0.2) is 25.5 Å². The van der Waals surface area contributed by atoms with Crippen molar-refractivity contribution in [3.63, 3.8) is 0 Å². The lowest BCUT2D eigenvalue weighted by Gasteiger charge is -2.32. The van der Waals surface area contributed by atoms with Gasteiger partial charge < -0.3 is 10.6 Å². The summed E-state index contributed by atoms with van der Waals surface area (Å²) in [5.74, 6) is -0.201. The minimum absolute atomic E-state index is 0.00574. The van der Waals surface area contributed by atoms with Crippen LogP contribution in [0.5, 0.6) is 0 Å². The minimum Gasteiger partial charge on any atom is -0.330 e. The van der Waals surface area contributed by atoms with Gasteiger partial charge in [-0.15, -0.1) is 0 Å². The maximum absolute atomic E-state index is 13.9. The summed E-state index contributed by atoms with van der Waals surface area (Å²) in [6.07, 6.45) is 2.11. The molecule has 1 saturated carbocycles. The Morgan fingerprint density at radius 1 is 1.47 bits per heavy atom. The van der Waals surface area contributed by atoms with Crippen molar-refractivity contribution in [2.45, 2.75) is 18.9 Å². The molecule has 0 radical (unpaired) electrons. The highest BCUT2D eigenvalue weighted by molar-refractivity contribution is 6.30. The molecule has 1 atom stereocenters. The molecule has 1 unspecified atom stereocenters. The van der Waals surface area contributed by atoms with Crippen molar-refractivity contribution in [3.05, 3.63) is 34.6 Å². The molecule has 2 nitrogen and oxygen atoms in total. The molecule has 1 aromatic carbocycles. The summed E-state index contributed by atoms with van der Waals surface area (Å²) in [5, 5.41) is 0.570. The lowest BCUT2D eigenvalue weighted by Crippen LogP contribution is -2.34. The highest BCUT2D eigenvalue weighted by Gasteiger charge is 2.50. The molecule has 0 bridgehead atoms. The van der Waals surface area contributed by atoms with E-state index in [9.17, 15) is 4.39 Å². The second-order valence-corrected chi connectivity index (χ2v) is 5.53. The largest absolute Gasteiger partial charge is 0.330 e. The predicted octanol–water partition coefficient (Wildman–Crippen LogP) is 2.82. The van der Waals surface area contributed by atoms with E-state index in [0.717, 1.165) is 12.8 Å². The van der Waals surface area contributed by atoms with Crippen LogP contribution in [0.25, 0.3) is 0 Å². The summed E-state index contributed by atoms with van der Waals surface area (Å²) in [7, 11) is 3.92. The normalized spacial score (nSPS) is 19.4. The van der Waals surface area contributed by atoms with E-state index in [1.54, 1.807) is 12.1 Å². The van der Waals surface area contributed by atoms with E-state index in [4.69, 9.17) is 17.3 Å². The molecule has 17 heavy (non-hydrogen) atoms. The molecular formula is C13H18ClFN2. The summed E-state index contributed by atoms with van der Waals surface area (Å²) >= 11 is 5.96. The van der Waals surface area contributed by atoms with Crippen molar-refractivity contribution in [1.29, 1.82) is 0 Å². The van der Waals surface area contributed by atoms with E-state index in [0.29, 0.717) is 17.1 Å². The van der Waals surface area contributed by atoms with Gasteiger partial charge in [-0.05, 0) is 51.7 Å². The van der Waals surface area contributed by atoms with Gasteiger partial charge in [0.2, 0.25) is 0 Å². The first-order valence-electron chi connectivity index (χ1n) is 5.81. The number of nitrogens with two attached hydrogens (primary N) is 1. The van der Waals surface area contributed by atoms with Gasteiger partial charge >= 0.3 is 0 Å². The molecule has 0 amide bonds. The van der Waals surface area contributed by atoms with Crippen LogP contribution in [0.3, 0.4) is 0 Å². The van der Waals surface area contributed by atoms with Crippen LogP contribution in [0.1, 0.15) is 24.4 Å². The molecule has 0 spiro atoms. The van der Waals surface area contributed by atoms with Gasteiger partial charge in [0, 0.05) is 22.0 Å². The highest BCUT2D eigenvalue weighted by Crippen LogP contribution is 2.56. The first-order valence-corrected chi connectivity index (χ1v) is 6.19. The molecule has 94 valence electrons. The maximum Gasteiger partial charge on any atom is 0.128 e. The maximum atomic E-state index is 13.9. The van der Waals surface area contributed by atoms with Crippen molar-refractivity contribution in [2.75, 3.05) is 20.6 Å². The Kier molecular flexibility index (Phi) is 3.43. The monoisotopic (exact) mass is 256 g/mol. The van der Waals surface area contributed by atoms with Crippen molar-refractivity contribution in [2.24, 2.45) is 11.1 Å². The molecule has 1 aliphatic carbocycles. The van der Waals surface area contributed by atoms with Crippen molar-refractivity contribution >= 4 is 11.6 Å². The Morgan fingerprint density at radius 2 is 2.12 bits per heavy atom. The number of hydrogen-bond donors (Lipinski definition) is 1. The summed E-state index contributed by atoms with van der Waals surface area (Å²) < 4.78 is 13.9. The van der Waals surface area contributed by atoms with Crippen LogP contribution in [0, 0.1) is 11.2 Å². The molecule has 1 aromatic rings. The van der Waals surface area contributed by atoms with Crippen LogP contribution in [0.4, 0.5) is 4.39 Å². The zero-order valence-corrected chi connectivity index (χ0v) is 11.0. The van der Waals surface area contributed by atoms with Gasteiger partial charge in [-0.1, -0.05) is 11.6 Å². The molecule has 0 aromatic heterocycles. The molecule has 1 aliphatic rings. The quantitative estimate of drug-likeness (QED) is 0.898. The van der Waals surface area contributed by atoms with Gasteiger partial charge in [-0.2, -0.15) is 0 Å². The van der Waals surface area contributed by atoms with Crippen LogP contribution in [-0.2, 0) is 0 Å². The Hall–Kier alpha value is -0.640. The Labute approximate surface area is 107 Å². The van der Waals surface area contributed by atoms with Crippen molar-refractivity contribution in [1.82, 2.24) is 4.90 Å². The summed E-state index contributed by atoms with van der Waals surface area (Å²) in [6, 6.07) is 4.74. The molecule has 2 N–H and O–H groups in total. The van der Waals surface area contributed by atoms with Gasteiger partial charge in [-0.25, -0.2) is 4.39 Å². The second-order valence-electron chi connectivity index (χ2n) is 5.10. The first kappa shape index (κ1) is 12.8. The molecule has 0 heterocycles. The number of benzene rings is 1. The Bertz CT molecular complexity index is 416. The van der Waals surface area contributed by atoms with Crippen molar-refractivity contribution < 1.29 is 4.39 Å². The van der Waals surface area contributed by atoms with E-state index in [1.807, 2.05) is 19.0 Å². The number of halogens is 2. The van der Waals surface area contributed by atoms with E-state index < -0.39 is 0 Å². The summed E-state index contributed by atoms with van der Waals surface area (Å²) in [4.78, 5) is 2.04. The SMILES string of the molecule is CN(C)C(c1cc(Cl)ccc1F)C1(CN)CC1. The van der Waals surface area contributed by atoms with Crippen LogP contribution >= 0.6 is 11.6 Å². The topological polar surface area (TPSA) is 29.3 Å². The highest BCUT2D eigenvalue weighted by atomic mass is 35.5. The summed E-state index contributed by atoms with van der Waals surface area (Å²) in [5.41, 5.74) is 6.53.